The number of hydrogen-bond donors (Lipinski definition) is 1. The molecule has 3 unspecified atom stereocenters. The van der Waals surface area contributed by atoms with Crippen LogP contribution in [0.3, 0.4) is 0 Å². The monoisotopic (exact) mass is 298 g/mol. The molecule has 116 valence electrons. The first-order valence-corrected chi connectivity index (χ1v) is 8.42. The zero-order chi connectivity index (χ0) is 15.1. The van der Waals surface area contributed by atoms with Crippen molar-refractivity contribution in [2.75, 3.05) is 11.4 Å². The van der Waals surface area contributed by atoms with Crippen molar-refractivity contribution in [2.24, 2.45) is 11.8 Å². The first-order chi connectivity index (χ1) is 10.7. The van der Waals surface area contributed by atoms with E-state index in [4.69, 9.17) is 0 Å². The van der Waals surface area contributed by atoms with Crippen LogP contribution in [0.25, 0.3) is 0 Å². The minimum atomic E-state index is 0.00560. The van der Waals surface area contributed by atoms with Crippen LogP contribution in [0.4, 0.5) is 5.69 Å². The molecule has 0 aromatic heterocycles. The summed E-state index contributed by atoms with van der Waals surface area (Å²) in [5.74, 6) is 1.66. The number of carbonyl (C=O) groups excluding carboxylic acids is 2. The summed E-state index contributed by atoms with van der Waals surface area (Å²) >= 11 is 0. The Bertz CT molecular complexity index is 613. The van der Waals surface area contributed by atoms with Crippen LogP contribution in [0.2, 0.25) is 0 Å². The molecule has 2 saturated carbocycles. The minimum Gasteiger partial charge on any atom is -0.349 e. The molecule has 3 fully saturated rings. The Labute approximate surface area is 130 Å². The molecule has 1 aliphatic heterocycles. The predicted octanol–water partition coefficient (Wildman–Crippen LogP) is 2.73. The Hall–Kier alpha value is -1.84. The summed E-state index contributed by atoms with van der Waals surface area (Å²) in [6.07, 6.45) is 6.54. The number of benzene rings is 1. The third kappa shape index (κ3) is 2.40. The maximum Gasteiger partial charge on any atom is 0.251 e. The van der Waals surface area contributed by atoms with E-state index in [2.05, 4.69) is 5.32 Å². The lowest BCUT2D eigenvalue weighted by atomic mass is 9.95. The number of anilines is 1. The molecule has 2 aliphatic carbocycles. The van der Waals surface area contributed by atoms with E-state index >= 15 is 0 Å². The molecule has 1 aromatic rings. The van der Waals surface area contributed by atoms with E-state index in [-0.39, 0.29) is 11.8 Å². The highest BCUT2D eigenvalue weighted by molar-refractivity contribution is 5.99. The molecular weight excluding hydrogens is 276 g/mol. The Morgan fingerprint density at radius 3 is 2.82 bits per heavy atom. The number of nitrogens with zero attached hydrogens (tertiary/aromatic N) is 1. The van der Waals surface area contributed by atoms with Crippen LogP contribution >= 0.6 is 0 Å². The molecular formula is C18H22N2O2. The molecule has 1 N–H and O–H groups in total. The first-order valence-electron chi connectivity index (χ1n) is 8.42. The molecule has 22 heavy (non-hydrogen) atoms. The second-order valence-corrected chi connectivity index (χ2v) is 6.95. The zero-order valence-electron chi connectivity index (χ0n) is 12.8. The van der Waals surface area contributed by atoms with Crippen LogP contribution in [0, 0.1) is 11.8 Å². The van der Waals surface area contributed by atoms with E-state index in [0.717, 1.165) is 31.0 Å². The molecule has 2 bridgehead atoms. The second-order valence-electron chi connectivity index (χ2n) is 6.95. The van der Waals surface area contributed by atoms with Gasteiger partial charge in [0, 0.05) is 30.3 Å². The van der Waals surface area contributed by atoms with E-state index in [9.17, 15) is 9.59 Å². The molecule has 0 spiro atoms. The SMILES string of the molecule is O=C(NC1CC2CCC1C2)c1cccc(N2CCCC2=O)c1. The van der Waals surface area contributed by atoms with Gasteiger partial charge in [0.15, 0.2) is 0 Å². The minimum absolute atomic E-state index is 0.00560. The van der Waals surface area contributed by atoms with Gasteiger partial charge in [-0.2, -0.15) is 0 Å². The highest BCUT2D eigenvalue weighted by atomic mass is 16.2. The standard InChI is InChI=1S/C18H22N2O2/c21-17-5-2-8-20(17)15-4-1-3-14(11-15)18(22)19-16-10-12-6-7-13(16)9-12/h1,3-4,11-13,16H,2,5-10H2,(H,19,22). The lowest BCUT2D eigenvalue weighted by Crippen LogP contribution is -2.38. The van der Waals surface area contributed by atoms with Crippen molar-refractivity contribution in [3.05, 3.63) is 29.8 Å². The van der Waals surface area contributed by atoms with Gasteiger partial charge in [-0.15, -0.1) is 0 Å². The zero-order valence-corrected chi connectivity index (χ0v) is 12.8. The topological polar surface area (TPSA) is 49.4 Å². The summed E-state index contributed by atoms with van der Waals surface area (Å²) in [5.41, 5.74) is 1.52. The summed E-state index contributed by atoms with van der Waals surface area (Å²) in [5, 5.41) is 3.21. The number of carbonyl (C=O) groups is 2. The van der Waals surface area contributed by atoms with Crippen molar-refractivity contribution in [1.82, 2.24) is 5.32 Å². The summed E-state index contributed by atoms with van der Waals surface area (Å²) in [7, 11) is 0. The summed E-state index contributed by atoms with van der Waals surface area (Å²) in [6, 6.07) is 7.83. The lowest BCUT2D eigenvalue weighted by Gasteiger charge is -2.23. The molecule has 2 amide bonds. The molecule has 1 aromatic carbocycles. The van der Waals surface area contributed by atoms with E-state index in [0.29, 0.717) is 23.9 Å². The number of amides is 2. The average Bonchev–Trinajstić information content (AvgIpc) is 3.24. The molecule has 4 nitrogen and oxygen atoms in total. The molecule has 4 rings (SSSR count). The molecule has 1 heterocycles. The largest absolute Gasteiger partial charge is 0.349 e. The quantitative estimate of drug-likeness (QED) is 0.933. The fourth-order valence-corrected chi connectivity index (χ4v) is 4.41. The van der Waals surface area contributed by atoms with Gasteiger partial charge in [0.25, 0.3) is 5.91 Å². The lowest BCUT2D eigenvalue weighted by molar-refractivity contribution is -0.117. The normalized spacial score (nSPS) is 30.1. The molecule has 4 heteroatoms. The summed E-state index contributed by atoms with van der Waals surface area (Å²) in [6.45, 7) is 0.760. The van der Waals surface area contributed by atoms with Crippen molar-refractivity contribution in [3.63, 3.8) is 0 Å². The molecule has 3 aliphatic rings. The fourth-order valence-electron chi connectivity index (χ4n) is 4.41. The molecule has 0 radical (unpaired) electrons. The second kappa shape index (κ2) is 5.41. The number of rotatable bonds is 3. The van der Waals surface area contributed by atoms with E-state index < -0.39 is 0 Å². The first kappa shape index (κ1) is 13.8. The van der Waals surface area contributed by atoms with Gasteiger partial charge in [0.05, 0.1) is 0 Å². The third-order valence-corrected chi connectivity index (χ3v) is 5.55. The molecule has 1 saturated heterocycles. The highest BCUT2D eigenvalue weighted by Crippen LogP contribution is 2.44. The number of hydrogen-bond acceptors (Lipinski definition) is 2. The van der Waals surface area contributed by atoms with Crippen LogP contribution in [0.15, 0.2) is 24.3 Å². The van der Waals surface area contributed by atoms with Gasteiger partial charge in [-0.3, -0.25) is 9.59 Å². The molecule has 3 atom stereocenters. The van der Waals surface area contributed by atoms with E-state index in [1.54, 1.807) is 4.90 Å². The maximum absolute atomic E-state index is 12.5. The Morgan fingerprint density at radius 2 is 2.14 bits per heavy atom. The smallest absolute Gasteiger partial charge is 0.251 e. The van der Waals surface area contributed by atoms with Crippen LogP contribution in [0.1, 0.15) is 48.9 Å². The van der Waals surface area contributed by atoms with Crippen molar-refractivity contribution < 1.29 is 9.59 Å². The van der Waals surface area contributed by atoms with Crippen LogP contribution in [-0.4, -0.2) is 24.4 Å². The van der Waals surface area contributed by atoms with Gasteiger partial charge in [0.2, 0.25) is 5.91 Å². The van der Waals surface area contributed by atoms with Crippen LogP contribution in [0.5, 0.6) is 0 Å². The fraction of sp³-hybridized carbons (Fsp3) is 0.556. The van der Waals surface area contributed by atoms with Crippen LogP contribution in [-0.2, 0) is 4.79 Å². The number of nitrogens with one attached hydrogen (secondary N) is 1. The Balaban J connectivity index is 1.47. The van der Waals surface area contributed by atoms with Gasteiger partial charge in [-0.05, 0) is 55.7 Å². The highest BCUT2D eigenvalue weighted by Gasteiger charge is 2.40. The Morgan fingerprint density at radius 1 is 1.23 bits per heavy atom. The van der Waals surface area contributed by atoms with Crippen molar-refractivity contribution in [3.8, 4) is 0 Å². The van der Waals surface area contributed by atoms with Crippen molar-refractivity contribution in [2.45, 2.75) is 44.6 Å². The maximum atomic E-state index is 12.5. The van der Waals surface area contributed by atoms with Gasteiger partial charge >= 0.3 is 0 Å². The van der Waals surface area contributed by atoms with Gasteiger partial charge in [-0.25, -0.2) is 0 Å². The van der Waals surface area contributed by atoms with Crippen molar-refractivity contribution in [1.29, 1.82) is 0 Å². The average molecular weight is 298 g/mol. The number of fused-ring (bicyclic) bond motifs is 2. The van der Waals surface area contributed by atoms with Gasteiger partial charge in [0.1, 0.15) is 0 Å². The van der Waals surface area contributed by atoms with Gasteiger partial charge < -0.3 is 10.2 Å². The summed E-state index contributed by atoms with van der Waals surface area (Å²) in [4.78, 5) is 26.1. The summed E-state index contributed by atoms with van der Waals surface area (Å²) < 4.78 is 0. The van der Waals surface area contributed by atoms with E-state index in [1.165, 1.54) is 19.3 Å². The third-order valence-electron chi connectivity index (χ3n) is 5.55. The van der Waals surface area contributed by atoms with Crippen LogP contribution < -0.4 is 10.2 Å². The van der Waals surface area contributed by atoms with Gasteiger partial charge in [-0.1, -0.05) is 12.5 Å². The van der Waals surface area contributed by atoms with E-state index in [1.807, 2.05) is 24.3 Å². The Kier molecular flexibility index (Phi) is 3.40. The predicted molar refractivity (Wildman–Crippen MR) is 84.7 cm³/mol. The van der Waals surface area contributed by atoms with Crippen molar-refractivity contribution >= 4 is 17.5 Å².